The Balaban J connectivity index is 0. The molecule has 0 saturated heterocycles. The molecular formula is C28H58N2O2. The predicted octanol–water partition coefficient (Wildman–Crippen LogP) is 7.90. The summed E-state index contributed by atoms with van der Waals surface area (Å²) in [6.45, 7) is 18.0. The lowest BCUT2D eigenvalue weighted by atomic mass is 9.93. The summed E-state index contributed by atoms with van der Waals surface area (Å²) in [4.78, 5) is 10.4. The Kier molecular flexibility index (Phi) is 24.0. The Bertz CT molecular complexity index is 448. The van der Waals surface area contributed by atoms with Crippen LogP contribution in [-0.4, -0.2) is 24.5 Å². The van der Waals surface area contributed by atoms with Crippen molar-refractivity contribution in [2.45, 2.75) is 151 Å². The van der Waals surface area contributed by atoms with Gasteiger partial charge >= 0.3 is 0 Å². The third-order valence-corrected chi connectivity index (χ3v) is 5.90. The van der Waals surface area contributed by atoms with Crippen LogP contribution >= 0.6 is 0 Å². The van der Waals surface area contributed by atoms with Crippen LogP contribution in [0.3, 0.4) is 0 Å². The number of carbonyl (C=O) groups is 1. The van der Waals surface area contributed by atoms with E-state index in [0.29, 0.717) is 18.4 Å². The predicted molar refractivity (Wildman–Crippen MR) is 142 cm³/mol. The highest BCUT2D eigenvalue weighted by Crippen LogP contribution is 2.30. The number of Topliss-reactive ketones (excluding diaryl/α,β-unsaturated/α-hetero) is 1. The van der Waals surface area contributed by atoms with Crippen molar-refractivity contribution < 1.29 is 9.53 Å². The van der Waals surface area contributed by atoms with Gasteiger partial charge in [-0.1, -0.05) is 99.8 Å². The Morgan fingerprint density at radius 1 is 0.938 bits per heavy atom. The van der Waals surface area contributed by atoms with Crippen LogP contribution in [0.4, 0.5) is 0 Å². The molecule has 0 aliphatic carbocycles. The van der Waals surface area contributed by atoms with E-state index in [2.05, 4.69) is 46.9 Å². The van der Waals surface area contributed by atoms with Crippen molar-refractivity contribution in [1.29, 1.82) is 0 Å². The van der Waals surface area contributed by atoms with Crippen molar-refractivity contribution in [3.8, 4) is 0 Å². The van der Waals surface area contributed by atoms with Crippen LogP contribution in [0.5, 0.6) is 0 Å². The molecule has 0 aromatic heterocycles. The first kappa shape index (κ1) is 33.1. The third-order valence-electron chi connectivity index (χ3n) is 5.90. The van der Waals surface area contributed by atoms with Crippen molar-refractivity contribution in [2.75, 3.05) is 6.54 Å². The molecule has 0 aromatic carbocycles. The van der Waals surface area contributed by atoms with Crippen LogP contribution < -0.4 is 11.1 Å². The van der Waals surface area contributed by atoms with Gasteiger partial charge in [0.1, 0.15) is 17.6 Å². The molecule has 0 amide bonds. The van der Waals surface area contributed by atoms with E-state index < -0.39 is 0 Å². The number of nitrogens with two attached hydrogens (primary N) is 1. The van der Waals surface area contributed by atoms with E-state index >= 15 is 0 Å². The average Bonchev–Trinajstić information content (AvgIpc) is 2.81. The summed E-state index contributed by atoms with van der Waals surface area (Å²) < 4.78 is 6.22. The standard InChI is InChI=1S/C15H29NO.C8H18.C5H11NO/c1-5-9-12(10-6-2)15-14(8-4)16-11-13(7-3)17-15;1-3-5-7-8-6-4-2;1-3-5(7)4(2)6/h12-13,16H,5-11H2,1-4H3;3-8H2,1-2H3;4H,3,6H2,1-2H3. The van der Waals surface area contributed by atoms with Gasteiger partial charge in [-0.25, -0.2) is 0 Å². The lowest BCUT2D eigenvalue weighted by Gasteiger charge is -2.33. The summed E-state index contributed by atoms with van der Waals surface area (Å²) in [5.41, 5.74) is 6.55. The largest absolute Gasteiger partial charge is 0.491 e. The maximum absolute atomic E-state index is 10.4. The van der Waals surface area contributed by atoms with Crippen LogP contribution in [0.15, 0.2) is 11.5 Å². The van der Waals surface area contributed by atoms with E-state index in [4.69, 9.17) is 10.5 Å². The minimum Gasteiger partial charge on any atom is -0.491 e. The lowest BCUT2D eigenvalue weighted by Crippen LogP contribution is -2.36. The molecule has 1 aliphatic heterocycles. The molecule has 0 spiro atoms. The zero-order valence-corrected chi connectivity index (χ0v) is 23.0. The molecule has 0 saturated carbocycles. The number of nitrogens with one attached hydrogen (secondary N) is 1. The van der Waals surface area contributed by atoms with Crippen molar-refractivity contribution in [3.63, 3.8) is 0 Å². The summed E-state index contributed by atoms with van der Waals surface area (Å²) in [5, 5.41) is 3.57. The van der Waals surface area contributed by atoms with Crippen molar-refractivity contribution in [2.24, 2.45) is 11.7 Å². The van der Waals surface area contributed by atoms with Gasteiger partial charge in [0, 0.05) is 18.0 Å². The van der Waals surface area contributed by atoms with Crippen LogP contribution in [0, 0.1) is 5.92 Å². The first-order valence-electron chi connectivity index (χ1n) is 13.8. The smallest absolute Gasteiger partial charge is 0.148 e. The molecule has 1 aliphatic rings. The Labute approximate surface area is 201 Å². The Morgan fingerprint density at radius 2 is 1.47 bits per heavy atom. The van der Waals surface area contributed by atoms with Gasteiger partial charge < -0.3 is 15.8 Å². The molecule has 0 aromatic rings. The van der Waals surface area contributed by atoms with Gasteiger partial charge in [0.2, 0.25) is 0 Å². The van der Waals surface area contributed by atoms with E-state index in [1.807, 2.05) is 6.92 Å². The molecule has 3 N–H and O–H groups in total. The molecule has 2 unspecified atom stereocenters. The second kappa shape index (κ2) is 23.1. The number of hydrogen-bond donors (Lipinski definition) is 2. The molecule has 1 rings (SSSR count). The van der Waals surface area contributed by atoms with E-state index in [0.717, 1.165) is 19.4 Å². The normalized spacial score (nSPS) is 16.2. The molecule has 4 nitrogen and oxygen atoms in total. The molecule has 0 radical (unpaired) electrons. The fourth-order valence-electron chi connectivity index (χ4n) is 3.77. The van der Waals surface area contributed by atoms with Gasteiger partial charge in [0.05, 0.1) is 12.6 Å². The molecule has 0 bridgehead atoms. The van der Waals surface area contributed by atoms with Crippen molar-refractivity contribution in [3.05, 3.63) is 11.5 Å². The number of ketones is 1. The van der Waals surface area contributed by atoms with E-state index in [1.54, 1.807) is 6.92 Å². The first-order chi connectivity index (χ1) is 15.4. The Morgan fingerprint density at radius 3 is 1.78 bits per heavy atom. The van der Waals surface area contributed by atoms with E-state index in [9.17, 15) is 4.79 Å². The van der Waals surface area contributed by atoms with Gasteiger partial charge in [-0.15, -0.1) is 0 Å². The van der Waals surface area contributed by atoms with Gasteiger partial charge in [0.15, 0.2) is 0 Å². The zero-order valence-electron chi connectivity index (χ0n) is 23.0. The topological polar surface area (TPSA) is 64.4 Å². The maximum Gasteiger partial charge on any atom is 0.148 e. The summed E-state index contributed by atoms with van der Waals surface area (Å²) in [6.07, 6.45) is 16.6. The number of ether oxygens (including phenoxy) is 1. The molecule has 192 valence electrons. The van der Waals surface area contributed by atoms with Crippen molar-refractivity contribution in [1.82, 2.24) is 5.32 Å². The maximum atomic E-state index is 10.4. The van der Waals surface area contributed by atoms with E-state index in [-0.39, 0.29) is 11.8 Å². The highest BCUT2D eigenvalue weighted by molar-refractivity contribution is 5.82. The van der Waals surface area contributed by atoms with Crippen LogP contribution in [0.1, 0.15) is 139 Å². The molecule has 1 heterocycles. The molecular weight excluding hydrogens is 396 g/mol. The number of hydrogen-bond acceptors (Lipinski definition) is 4. The molecule has 4 heteroatoms. The first-order valence-corrected chi connectivity index (χ1v) is 13.8. The fourth-order valence-corrected chi connectivity index (χ4v) is 3.77. The van der Waals surface area contributed by atoms with Crippen LogP contribution in [0.2, 0.25) is 0 Å². The summed E-state index contributed by atoms with van der Waals surface area (Å²) >= 11 is 0. The second-order valence-corrected chi connectivity index (χ2v) is 9.02. The molecule has 2 atom stereocenters. The number of rotatable bonds is 14. The zero-order chi connectivity index (χ0) is 24.8. The van der Waals surface area contributed by atoms with Crippen LogP contribution in [-0.2, 0) is 9.53 Å². The quantitative estimate of drug-likeness (QED) is 0.262. The minimum atomic E-state index is -0.273. The Hall–Kier alpha value is -1.03. The average molecular weight is 455 g/mol. The summed E-state index contributed by atoms with van der Waals surface area (Å²) in [6, 6.07) is -0.273. The SMILES string of the molecule is CCC(=O)C(C)N.CCCC(CCC)C1=C(CC)NCC(CC)O1.CCCCCCCC. The summed E-state index contributed by atoms with van der Waals surface area (Å²) in [7, 11) is 0. The van der Waals surface area contributed by atoms with E-state index in [1.165, 1.54) is 75.7 Å². The summed E-state index contributed by atoms with van der Waals surface area (Å²) in [5.74, 6) is 2.02. The van der Waals surface area contributed by atoms with Gasteiger partial charge in [0.25, 0.3) is 0 Å². The van der Waals surface area contributed by atoms with Gasteiger partial charge in [-0.05, 0) is 32.6 Å². The lowest BCUT2D eigenvalue weighted by molar-refractivity contribution is -0.119. The number of allylic oxidation sites excluding steroid dienone is 2. The number of carbonyl (C=O) groups excluding carboxylic acids is 1. The molecule has 0 fully saturated rings. The molecule has 32 heavy (non-hydrogen) atoms. The highest BCUT2D eigenvalue weighted by Gasteiger charge is 2.25. The second-order valence-electron chi connectivity index (χ2n) is 9.02. The highest BCUT2D eigenvalue weighted by atomic mass is 16.5. The minimum absolute atomic E-state index is 0.125. The fraction of sp³-hybridized carbons (Fsp3) is 0.893. The van der Waals surface area contributed by atoms with Gasteiger partial charge in [-0.2, -0.15) is 0 Å². The van der Waals surface area contributed by atoms with Crippen molar-refractivity contribution >= 4 is 5.78 Å². The van der Waals surface area contributed by atoms with Gasteiger partial charge in [-0.3, -0.25) is 4.79 Å². The monoisotopic (exact) mass is 454 g/mol. The van der Waals surface area contributed by atoms with Crippen LogP contribution in [0.25, 0.3) is 0 Å². The third kappa shape index (κ3) is 16.6. The number of unbranched alkanes of at least 4 members (excludes halogenated alkanes) is 5.